The SMILES string of the molecule is CCN(Cc1cccc(F)c1)C(=O)C(NC(=O)c1ccccc1F)C(C)C. The number of likely N-dealkylation sites (N-methyl/N-ethyl adjacent to an activating group) is 1. The number of carbonyl (C=O) groups excluding carboxylic acids is 2. The number of rotatable bonds is 7. The van der Waals surface area contributed by atoms with E-state index in [0.29, 0.717) is 12.1 Å². The molecule has 0 saturated carbocycles. The molecule has 0 saturated heterocycles. The summed E-state index contributed by atoms with van der Waals surface area (Å²) in [6.07, 6.45) is 0. The van der Waals surface area contributed by atoms with E-state index in [0.717, 1.165) is 0 Å². The molecule has 144 valence electrons. The molecule has 1 unspecified atom stereocenters. The molecule has 27 heavy (non-hydrogen) atoms. The maximum Gasteiger partial charge on any atom is 0.254 e. The van der Waals surface area contributed by atoms with Gasteiger partial charge in [0, 0.05) is 13.1 Å². The van der Waals surface area contributed by atoms with Crippen LogP contribution in [-0.2, 0) is 11.3 Å². The topological polar surface area (TPSA) is 49.4 Å². The van der Waals surface area contributed by atoms with Crippen molar-refractivity contribution in [2.75, 3.05) is 6.54 Å². The predicted octanol–water partition coefficient (Wildman–Crippen LogP) is 3.77. The lowest BCUT2D eigenvalue weighted by Crippen LogP contribution is -2.51. The summed E-state index contributed by atoms with van der Waals surface area (Å²) < 4.78 is 27.3. The summed E-state index contributed by atoms with van der Waals surface area (Å²) in [4.78, 5) is 27.0. The standard InChI is InChI=1S/C21H24F2N2O2/c1-4-25(13-15-8-7-9-16(22)12-15)21(27)19(14(2)3)24-20(26)17-10-5-6-11-18(17)23/h5-12,14,19H,4,13H2,1-3H3,(H,24,26). The van der Waals surface area contributed by atoms with Crippen molar-refractivity contribution in [3.05, 3.63) is 71.3 Å². The molecule has 0 aliphatic rings. The Bertz CT molecular complexity index is 808. The molecular formula is C21H24F2N2O2. The Balaban J connectivity index is 2.17. The maximum absolute atomic E-state index is 13.9. The lowest BCUT2D eigenvalue weighted by molar-refractivity contribution is -0.134. The van der Waals surface area contributed by atoms with Gasteiger partial charge < -0.3 is 10.2 Å². The predicted molar refractivity (Wildman–Crippen MR) is 100.0 cm³/mol. The largest absolute Gasteiger partial charge is 0.340 e. The second-order valence-electron chi connectivity index (χ2n) is 6.66. The van der Waals surface area contributed by atoms with Crippen LogP contribution >= 0.6 is 0 Å². The van der Waals surface area contributed by atoms with Crippen LogP contribution in [0.5, 0.6) is 0 Å². The van der Waals surface area contributed by atoms with Crippen LogP contribution in [-0.4, -0.2) is 29.3 Å². The summed E-state index contributed by atoms with van der Waals surface area (Å²) in [6, 6.07) is 10.8. The zero-order chi connectivity index (χ0) is 20.0. The van der Waals surface area contributed by atoms with E-state index in [-0.39, 0.29) is 29.8 Å². The summed E-state index contributed by atoms with van der Waals surface area (Å²) in [6.45, 7) is 6.05. The van der Waals surface area contributed by atoms with E-state index in [9.17, 15) is 18.4 Å². The fourth-order valence-electron chi connectivity index (χ4n) is 2.78. The molecule has 0 fully saturated rings. The van der Waals surface area contributed by atoms with Crippen molar-refractivity contribution in [2.24, 2.45) is 5.92 Å². The van der Waals surface area contributed by atoms with Crippen LogP contribution in [0.15, 0.2) is 48.5 Å². The van der Waals surface area contributed by atoms with E-state index in [1.165, 1.54) is 30.3 Å². The number of nitrogens with one attached hydrogen (secondary N) is 1. The van der Waals surface area contributed by atoms with Gasteiger partial charge in [-0.1, -0.05) is 38.1 Å². The van der Waals surface area contributed by atoms with Crippen LogP contribution in [0, 0.1) is 17.6 Å². The minimum Gasteiger partial charge on any atom is -0.340 e. The first-order valence-electron chi connectivity index (χ1n) is 8.92. The number of hydrogen-bond acceptors (Lipinski definition) is 2. The summed E-state index contributed by atoms with van der Waals surface area (Å²) >= 11 is 0. The number of amides is 2. The smallest absolute Gasteiger partial charge is 0.254 e. The van der Waals surface area contributed by atoms with Crippen molar-refractivity contribution in [1.82, 2.24) is 10.2 Å². The first-order valence-corrected chi connectivity index (χ1v) is 8.92. The fraction of sp³-hybridized carbons (Fsp3) is 0.333. The van der Waals surface area contributed by atoms with Crippen molar-refractivity contribution in [1.29, 1.82) is 0 Å². The second kappa shape index (κ2) is 9.26. The van der Waals surface area contributed by atoms with E-state index in [4.69, 9.17) is 0 Å². The third-order valence-corrected chi connectivity index (χ3v) is 4.29. The molecule has 1 N–H and O–H groups in total. The molecule has 0 heterocycles. The molecule has 0 aliphatic heterocycles. The van der Waals surface area contributed by atoms with Crippen molar-refractivity contribution in [3.8, 4) is 0 Å². The Morgan fingerprint density at radius 1 is 1.07 bits per heavy atom. The average molecular weight is 374 g/mol. The third-order valence-electron chi connectivity index (χ3n) is 4.29. The molecule has 4 nitrogen and oxygen atoms in total. The molecule has 6 heteroatoms. The van der Waals surface area contributed by atoms with Gasteiger partial charge in [0.2, 0.25) is 5.91 Å². The molecule has 2 aromatic rings. The Hall–Kier alpha value is -2.76. The molecule has 1 atom stereocenters. The zero-order valence-corrected chi connectivity index (χ0v) is 15.7. The van der Waals surface area contributed by atoms with Gasteiger partial charge in [0.25, 0.3) is 5.91 Å². The summed E-state index contributed by atoms with van der Waals surface area (Å²) in [7, 11) is 0. The van der Waals surface area contributed by atoms with Crippen molar-refractivity contribution >= 4 is 11.8 Å². The van der Waals surface area contributed by atoms with Crippen LogP contribution in [0.2, 0.25) is 0 Å². The second-order valence-corrected chi connectivity index (χ2v) is 6.66. The maximum atomic E-state index is 13.9. The number of carbonyl (C=O) groups is 2. The highest BCUT2D eigenvalue weighted by molar-refractivity contribution is 5.97. The van der Waals surface area contributed by atoms with E-state index >= 15 is 0 Å². The molecule has 2 amide bonds. The van der Waals surface area contributed by atoms with Gasteiger partial charge >= 0.3 is 0 Å². The quantitative estimate of drug-likeness (QED) is 0.802. The minimum atomic E-state index is -0.814. The molecule has 0 spiro atoms. The first-order chi connectivity index (χ1) is 12.8. The van der Waals surface area contributed by atoms with Gasteiger partial charge in [0.1, 0.15) is 17.7 Å². The van der Waals surface area contributed by atoms with Crippen molar-refractivity contribution < 1.29 is 18.4 Å². The Morgan fingerprint density at radius 3 is 2.37 bits per heavy atom. The van der Waals surface area contributed by atoms with Crippen LogP contribution in [0.3, 0.4) is 0 Å². The van der Waals surface area contributed by atoms with E-state index in [1.54, 1.807) is 36.9 Å². The highest BCUT2D eigenvalue weighted by Crippen LogP contribution is 2.13. The number of benzene rings is 2. The van der Waals surface area contributed by atoms with Crippen molar-refractivity contribution in [2.45, 2.75) is 33.4 Å². The van der Waals surface area contributed by atoms with Crippen LogP contribution in [0.1, 0.15) is 36.7 Å². The van der Waals surface area contributed by atoms with Gasteiger partial charge in [0.15, 0.2) is 0 Å². The molecule has 0 bridgehead atoms. The molecule has 0 radical (unpaired) electrons. The van der Waals surface area contributed by atoms with E-state index < -0.39 is 17.8 Å². The number of halogens is 2. The normalized spacial score (nSPS) is 11.9. The zero-order valence-electron chi connectivity index (χ0n) is 15.7. The molecule has 2 aromatic carbocycles. The average Bonchev–Trinajstić information content (AvgIpc) is 2.63. The summed E-state index contributed by atoms with van der Waals surface area (Å²) in [5, 5.41) is 2.64. The highest BCUT2D eigenvalue weighted by Gasteiger charge is 2.29. The third kappa shape index (κ3) is 5.36. The van der Waals surface area contributed by atoms with Gasteiger partial charge in [-0.25, -0.2) is 8.78 Å². The molecule has 2 rings (SSSR count). The Kier molecular flexibility index (Phi) is 7.05. The summed E-state index contributed by atoms with van der Waals surface area (Å²) in [5.74, 6) is -2.14. The lowest BCUT2D eigenvalue weighted by Gasteiger charge is -2.29. The molecular weight excluding hydrogens is 350 g/mol. The van der Waals surface area contributed by atoms with Gasteiger partial charge in [-0.2, -0.15) is 0 Å². The van der Waals surface area contributed by atoms with Crippen LogP contribution in [0.25, 0.3) is 0 Å². The number of hydrogen-bond donors (Lipinski definition) is 1. The van der Waals surface area contributed by atoms with E-state index in [2.05, 4.69) is 5.32 Å². The fourth-order valence-corrected chi connectivity index (χ4v) is 2.78. The molecule has 0 aliphatic carbocycles. The van der Waals surface area contributed by atoms with E-state index in [1.807, 2.05) is 6.92 Å². The minimum absolute atomic E-state index is 0.107. The monoisotopic (exact) mass is 374 g/mol. The lowest BCUT2D eigenvalue weighted by atomic mass is 10.0. The van der Waals surface area contributed by atoms with Gasteiger partial charge in [-0.15, -0.1) is 0 Å². The Labute approximate surface area is 158 Å². The van der Waals surface area contributed by atoms with Crippen molar-refractivity contribution in [3.63, 3.8) is 0 Å². The van der Waals surface area contributed by atoms with Gasteiger partial charge in [-0.3, -0.25) is 9.59 Å². The Morgan fingerprint density at radius 2 is 1.78 bits per heavy atom. The highest BCUT2D eigenvalue weighted by atomic mass is 19.1. The first kappa shape index (κ1) is 20.6. The van der Waals surface area contributed by atoms with Gasteiger partial charge in [0.05, 0.1) is 5.56 Å². The van der Waals surface area contributed by atoms with Crippen LogP contribution in [0.4, 0.5) is 8.78 Å². The van der Waals surface area contributed by atoms with Crippen LogP contribution < -0.4 is 5.32 Å². The van der Waals surface area contributed by atoms with Gasteiger partial charge in [-0.05, 0) is 42.7 Å². The summed E-state index contributed by atoms with van der Waals surface area (Å²) in [5.41, 5.74) is 0.553. The molecule has 0 aromatic heterocycles. The number of nitrogens with zero attached hydrogens (tertiary/aromatic N) is 1.